The van der Waals surface area contributed by atoms with E-state index in [0.717, 1.165) is 6.42 Å². The zero-order valence-corrected chi connectivity index (χ0v) is 16.0. The van der Waals surface area contributed by atoms with Crippen molar-refractivity contribution in [2.75, 3.05) is 6.54 Å². The number of rotatable bonds is 7. The van der Waals surface area contributed by atoms with E-state index in [0.29, 0.717) is 42.2 Å². The summed E-state index contributed by atoms with van der Waals surface area (Å²) in [6.45, 7) is 11.3. The molecule has 1 amide bonds. The van der Waals surface area contributed by atoms with Crippen molar-refractivity contribution in [3.63, 3.8) is 0 Å². The Morgan fingerprint density at radius 2 is 1.88 bits per heavy atom. The van der Waals surface area contributed by atoms with Gasteiger partial charge in [0.15, 0.2) is 0 Å². The molecule has 25 heavy (non-hydrogen) atoms. The third-order valence-electron chi connectivity index (χ3n) is 4.42. The van der Waals surface area contributed by atoms with Gasteiger partial charge in [-0.1, -0.05) is 32.9 Å². The lowest BCUT2D eigenvalue weighted by Gasteiger charge is -2.30. The first-order chi connectivity index (χ1) is 11.9. The average Bonchev–Trinajstić information content (AvgIpc) is 2.58. The van der Waals surface area contributed by atoms with Crippen LogP contribution in [0.5, 0.6) is 0 Å². The first-order valence-corrected chi connectivity index (χ1v) is 9.19. The Labute approximate surface area is 149 Å². The van der Waals surface area contributed by atoms with Crippen molar-refractivity contribution in [3.05, 3.63) is 40.4 Å². The summed E-state index contributed by atoms with van der Waals surface area (Å²) in [5.74, 6) is 1.09. The van der Waals surface area contributed by atoms with Crippen molar-refractivity contribution in [1.82, 2.24) is 14.5 Å². The summed E-state index contributed by atoms with van der Waals surface area (Å²) >= 11 is 0. The van der Waals surface area contributed by atoms with Gasteiger partial charge in [0.25, 0.3) is 5.56 Å². The fourth-order valence-corrected chi connectivity index (χ4v) is 3.19. The van der Waals surface area contributed by atoms with Crippen molar-refractivity contribution >= 4 is 16.8 Å². The van der Waals surface area contributed by atoms with Gasteiger partial charge >= 0.3 is 0 Å². The summed E-state index contributed by atoms with van der Waals surface area (Å²) in [6, 6.07) is 7.16. The molecule has 1 aromatic carbocycles. The summed E-state index contributed by atoms with van der Waals surface area (Å²) in [6.07, 6.45) is 1.38. The molecule has 0 saturated heterocycles. The molecule has 0 aliphatic carbocycles. The number of benzene rings is 1. The minimum absolute atomic E-state index is 0.0392. The van der Waals surface area contributed by atoms with E-state index in [4.69, 9.17) is 4.98 Å². The van der Waals surface area contributed by atoms with E-state index in [1.807, 2.05) is 50.8 Å². The van der Waals surface area contributed by atoms with E-state index < -0.39 is 0 Å². The Kier molecular flexibility index (Phi) is 6.34. The molecule has 1 aromatic heterocycles. The maximum Gasteiger partial charge on any atom is 0.261 e. The van der Waals surface area contributed by atoms with Crippen LogP contribution >= 0.6 is 0 Å². The van der Waals surface area contributed by atoms with Gasteiger partial charge in [-0.25, -0.2) is 4.98 Å². The van der Waals surface area contributed by atoms with Crippen LogP contribution in [0, 0.1) is 5.92 Å². The van der Waals surface area contributed by atoms with Crippen molar-refractivity contribution in [1.29, 1.82) is 0 Å². The third kappa shape index (κ3) is 4.09. The highest BCUT2D eigenvalue weighted by Crippen LogP contribution is 2.22. The maximum absolute atomic E-state index is 12.8. The largest absolute Gasteiger partial charge is 0.333 e. The molecule has 0 aliphatic rings. The lowest BCUT2D eigenvalue weighted by atomic mass is 10.1. The quantitative estimate of drug-likeness (QED) is 0.769. The number of aromatic nitrogens is 2. The lowest BCUT2D eigenvalue weighted by Crippen LogP contribution is -2.38. The third-order valence-corrected chi connectivity index (χ3v) is 4.42. The topological polar surface area (TPSA) is 55.2 Å². The highest BCUT2D eigenvalue weighted by atomic mass is 16.2. The molecule has 1 atom stereocenters. The van der Waals surface area contributed by atoms with E-state index in [2.05, 4.69) is 6.92 Å². The Morgan fingerprint density at radius 3 is 2.48 bits per heavy atom. The molecule has 1 unspecified atom stereocenters. The molecule has 0 spiro atoms. The van der Waals surface area contributed by atoms with E-state index in [9.17, 15) is 9.59 Å². The summed E-state index contributed by atoms with van der Waals surface area (Å²) in [5.41, 5.74) is 0.648. The molecule has 1 heterocycles. The molecule has 2 aromatic rings. The summed E-state index contributed by atoms with van der Waals surface area (Å²) in [4.78, 5) is 32.2. The first-order valence-electron chi connectivity index (χ1n) is 9.19. The Hall–Kier alpha value is -2.17. The number of hydrogen-bond donors (Lipinski definition) is 0. The van der Waals surface area contributed by atoms with E-state index >= 15 is 0 Å². The second kappa shape index (κ2) is 8.28. The van der Waals surface area contributed by atoms with Crippen LogP contribution in [-0.2, 0) is 11.3 Å². The predicted molar refractivity (Wildman–Crippen MR) is 102 cm³/mol. The van der Waals surface area contributed by atoms with Gasteiger partial charge in [-0.15, -0.1) is 0 Å². The molecule has 2 rings (SSSR count). The van der Waals surface area contributed by atoms with E-state index in [1.165, 1.54) is 0 Å². The molecule has 5 nitrogen and oxygen atoms in total. The van der Waals surface area contributed by atoms with Gasteiger partial charge < -0.3 is 4.90 Å². The molecule has 5 heteroatoms. The van der Waals surface area contributed by atoms with Gasteiger partial charge in [0.2, 0.25) is 5.91 Å². The number of para-hydroxylation sites is 1. The molecule has 0 bridgehead atoms. The van der Waals surface area contributed by atoms with Crippen LogP contribution in [0.1, 0.15) is 59.3 Å². The first kappa shape index (κ1) is 19.2. The Bertz CT molecular complexity index is 795. The van der Waals surface area contributed by atoms with Crippen LogP contribution in [0.3, 0.4) is 0 Å². The number of hydrogen-bond acceptors (Lipinski definition) is 3. The molecule has 0 fully saturated rings. The molecular formula is C20H29N3O2. The van der Waals surface area contributed by atoms with Crippen LogP contribution in [0.15, 0.2) is 29.1 Å². The second-order valence-electron chi connectivity index (χ2n) is 6.90. The molecule has 0 radical (unpaired) electrons. The lowest BCUT2D eigenvalue weighted by molar-refractivity contribution is -0.134. The van der Waals surface area contributed by atoms with Gasteiger partial charge in [-0.3, -0.25) is 14.2 Å². The highest BCUT2D eigenvalue weighted by Gasteiger charge is 2.25. The number of amides is 1. The minimum atomic E-state index is -0.233. The molecule has 0 saturated carbocycles. The predicted octanol–water partition coefficient (Wildman–Crippen LogP) is 3.76. The molecular weight excluding hydrogens is 314 g/mol. The van der Waals surface area contributed by atoms with Crippen molar-refractivity contribution in [2.45, 2.75) is 60.0 Å². The van der Waals surface area contributed by atoms with Gasteiger partial charge in [-0.05, 0) is 38.3 Å². The zero-order valence-electron chi connectivity index (χ0n) is 16.0. The zero-order chi connectivity index (χ0) is 18.6. The fourth-order valence-electron chi connectivity index (χ4n) is 3.19. The summed E-state index contributed by atoms with van der Waals surface area (Å²) in [7, 11) is 0. The Morgan fingerprint density at radius 1 is 1.20 bits per heavy atom. The normalized spacial score (nSPS) is 12.6. The summed E-state index contributed by atoms with van der Waals surface area (Å²) in [5, 5.41) is 0.621. The van der Waals surface area contributed by atoms with Crippen LogP contribution in [-0.4, -0.2) is 26.9 Å². The van der Waals surface area contributed by atoms with Crippen LogP contribution in [0.25, 0.3) is 10.9 Å². The van der Waals surface area contributed by atoms with Crippen molar-refractivity contribution in [2.24, 2.45) is 5.92 Å². The number of carbonyl (C=O) groups is 1. The van der Waals surface area contributed by atoms with Crippen LogP contribution in [0.2, 0.25) is 0 Å². The SMILES string of the molecule is CCCN(C(=O)CC(C)C)C(C)c1nc2ccccc2c(=O)n1CC. The molecule has 136 valence electrons. The number of nitrogens with zero attached hydrogens (tertiary/aromatic N) is 3. The van der Waals surface area contributed by atoms with E-state index in [1.54, 1.807) is 10.6 Å². The Balaban J connectivity index is 2.53. The smallest absolute Gasteiger partial charge is 0.261 e. The van der Waals surface area contributed by atoms with Gasteiger partial charge in [0.05, 0.1) is 16.9 Å². The van der Waals surface area contributed by atoms with Gasteiger partial charge in [-0.2, -0.15) is 0 Å². The molecule has 0 N–H and O–H groups in total. The average molecular weight is 343 g/mol. The standard InChI is InChI=1S/C20H29N3O2/c1-6-12-23(18(24)13-14(3)4)15(5)19-21-17-11-9-8-10-16(17)20(25)22(19)7-2/h8-11,14-15H,6-7,12-13H2,1-5H3. The fraction of sp³-hybridized carbons (Fsp3) is 0.550. The van der Waals surface area contributed by atoms with E-state index in [-0.39, 0.29) is 17.5 Å². The van der Waals surface area contributed by atoms with Gasteiger partial charge in [0, 0.05) is 19.5 Å². The van der Waals surface area contributed by atoms with Crippen molar-refractivity contribution < 1.29 is 4.79 Å². The maximum atomic E-state index is 12.8. The van der Waals surface area contributed by atoms with Crippen molar-refractivity contribution in [3.8, 4) is 0 Å². The number of fused-ring (bicyclic) bond motifs is 1. The highest BCUT2D eigenvalue weighted by molar-refractivity contribution is 5.78. The van der Waals surface area contributed by atoms with Crippen LogP contribution in [0.4, 0.5) is 0 Å². The number of carbonyl (C=O) groups excluding carboxylic acids is 1. The minimum Gasteiger partial charge on any atom is -0.333 e. The van der Waals surface area contributed by atoms with Gasteiger partial charge in [0.1, 0.15) is 5.82 Å². The second-order valence-corrected chi connectivity index (χ2v) is 6.90. The summed E-state index contributed by atoms with van der Waals surface area (Å²) < 4.78 is 1.69. The molecule has 0 aliphatic heterocycles. The monoisotopic (exact) mass is 343 g/mol. The van der Waals surface area contributed by atoms with Crippen LogP contribution < -0.4 is 5.56 Å².